The fourth-order valence-electron chi connectivity index (χ4n) is 1.49. The molecule has 2 unspecified atom stereocenters. The van der Waals surface area contributed by atoms with Crippen LogP contribution in [0, 0.1) is 29.6 Å². The van der Waals surface area contributed by atoms with Crippen LogP contribution in [0.4, 0.5) is 0 Å². The Kier molecular flexibility index (Phi) is 6.46. The van der Waals surface area contributed by atoms with Crippen LogP contribution >= 0.6 is 11.6 Å². The first-order valence-corrected chi connectivity index (χ1v) is 6.49. The second kappa shape index (κ2) is 7.87. The Morgan fingerprint density at radius 3 is 2.47 bits per heavy atom. The van der Waals surface area contributed by atoms with Gasteiger partial charge in [0.05, 0.1) is 0 Å². The second-order valence-corrected chi connectivity index (χ2v) is 5.08. The van der Waals surface area contributed by atoms with Gasteiger partial charge >= 0.3 is 0 Å². The highest BCUT2D eigenvalue weighted by molar-refractivity contribution is 6.30. The molecule has 1 rings (SSSR count). The predicted molar refractivity (Wildman–Crippen MR) is 77.4 cm³/mol. The SMILES string of the molecule is CC(C)CC(O)C#CC#CC(O)c1cccc(Cl)c1. The predicted octanol–water partition coefficient (Wildman–Crippen LogP) is 2.79. The van der Waals surface area contributed by atoms with E-state index in [1.54, 1.807) is 24.3 Å². The molecular weight excluding hydrogens is 260 g/mol. The molecule has 1 aromatic rings. The fourth-order valence-corrected chi connectivity index (χ4v) is 1.69. The van der Waals surface area contributed by atoms with E-state index in [0.717, 1.165) is 0 Å². The number of aliphatic hydroxyl groups excluding tert-OH is 2. The van der Waals surface area contributed by atoms with Crippen molar-refractivity contribution in [2.24, 2.45) is 5.92 Å². The molecule has 0 radical (unpaired) electrons. The Morgan fingerprint density at radius 1 is 1.16 bits per heavy atom. The van der Waals surface area contributed by atoms with Crippen molar-refractivity contribution < 1.29 is 10.2 Å². The average molecular weight is 277 g/mol. The van der Waals surface area contributed by atoms with E-state index in [1.165, 1.54) is 0 Å². The van der Waals surface area contributed by atoms with Gasteiger partial charge in [-0.3, -0.25) is 0 Å². The first kappa shape index (κ1) is 15.6. The number of hydrogen-bond donors (Lipinski definition) is 2. The van der Waals surface area contributed by atoms with Crippen molar-refractivity contribution in [1.29, 1.82) is 0 Å². The molecule has 1 aromatic carbocycles. The van der Waals surface area contributed by atoms with E-state index in [1.807, 2.05) is 13.8 Å². The van der Waals surface area contributed by atoms with Crippen molar-refractivity contribution in [2.45, 2.75) is 32.5 Å². The highest BCUT2D eigenvalue weighted by Gasteiger charge is 2.03. The summed E-state index contributed by atoms with van der Waals surface area (Å²) in [5, 5.41) is 19.9. The maximum absolute atomic E-state index is 9.79. The van der Waals surface area contributed by atoms with Gasteiger partial charge in [0.2, 0.25) is 0 Å². The van der Waals surface area contributed by atoms with Crippen LogP contribution in [0.5, 0.6) is 0 Å². The Balaban J connectivity index is 2.61. The molecule has 19 heavy (non-hydrogen) atoms. The number of aliphatic hydroxyl groups is 2. The lowest BCUT2D eigenvalue weighted by Gasteiger charge is -2.04. The van der Waals surface area contributed by atoms with Gasteiger partial charge in [-0.2, -0.15) is 0 Å². The molecule has 0 saturated heterocycles. The summed E-state index contributed by atoms with van der Waals surface area (Å²) >= 11 is 5.82. The number of benzene rings is 1. The molecule has 0 aromatic heterocycles. The van der Waals surface area contributed by atoms with Crippen molar-refractivity contribution in [3.8, 4) is 23.7 Å². The number of halogens is 1. The summed E-state index contributed by atoms with van der Waals surface area (Å²) in [7, 11) is 0. The molecule has 0 spiro atoms. The summed E-state index contributed by atoms with van der Waals surface area (Å²) < 4.78 is 0. The van der Waals surface area contributed by atoms with E-state index >= 15 is 0 Å². The monoisotopic (exact) mass is 276 g/mol. The van der Waals surface area contributed by atoms with Crippen LogP contribution in [0.15, 0.2) is 24.3 Å². The van der Waals surface area contributed by atoms with Crippen LogP contribution in [-0.4, -0.2) is 16.3 Å². The van der Waals surface area contributed by atoms with Crippen molar-refractivity contribution in [2.75, 3.05) is 0 Å². The van der Waals surface area contributed by atoms with Crippen molar-refractivity contribution in [3.63, 3.8) is 0 Å². The molecule has 2 atom stereocenters. The third-order valence-electron chi connectivity index (χ3n) is 2.37. The standard InChI is InChI=1S/C16H17ClO2/c1-12(2)10-15(18)8-3-4-9-16(19)13-6-5-7-14(17)11-13/h5-7,11-12,15-16,18-19H,10H2,1-2H3. The summed E-state index contributed by atoms with van der Waals surface area (Å²) in [5.74, 6) is 10.7. The highest BCUT2D eigenvalue weighted by atomic mass is 35.5. The van der Waals surface area contributed by atoms with Gasteiger partial charge in [-0.05, 0) is 41.9 Å². The zero-order chi connectivity index (χ0) is 14.3. The lowest BCUT2D eigenvalue weighted by atomic mass is 10.1. The fraction of sp³-hybridized carbons (Fsp3) is 0.375. The molecule has 0 aliphatic heterocycles. The lowest BCUT2D eigenvalue weighted by molar-refractivity contribution is 0.204. The Hall–Kier alpha value is -1.45. The lowest BCUT2D eigenvalue weighted by Crippen LogP contribution is -2.06. The van der Waals surface area contributed by atoms with Gasteiger partial charge in [0.15, 0.2) is 0 Å². The Bertz CT molecular complexity index is 529. The minimum Gasteiger partial charge on any atom is -0.380 e. The molecule has 3 heteroatoms. The molecule has 2 N–H and O–H groups in total. The quantitative estimate of drug-likeness (QED) is 0.834. The van der Waals surface area contributed by atoms with Crippen LogP contribution in [0.1, 0.15) is 31.9 Å². The molecule has 0 aliphatic carbocycles. The second-order valence-electron chi connectivity index (χ2n) is 4.64. The average Bonchev–Trinajstić information content (AvgIpc) is 2.33. The van der Waals surface area contributed by atoms with E-state index in [0.29, 0.717) is 22.9 Å². The molecule has 0 heterocycles. The highest BCUT2D eigenvalue weighted by Crippen LogP contribution is 2.16. The number of hydrogen-bond acceptors (Lipinski definition) is 2. The van der Waals surface area contributed by atoms with Crippen molar-refractivity contribution >= 4 is 11.6 Å². The van der Waals surface area contributed by atoms with Gasteiger partial charge in [-0.25, -0.2) is 0 Å². The van der Waals surface area contributed by atoms with E-state index in [4.69, 9.17) is 11.6 Å². The first-order chi connectivity index (χ1) is 8.99. The van der Waals surface area contributed by atoms with Crippen molar-refractivity contribution in [1.82, 2.24) is 0 Å². The minimum absolute atomic E-state index is 0.384. The molecule has 0 fully saturated rings. The molecule has 100 valence electrons. The van der Waals surface area contributed by atoms with Crippen LogP contribution in [0.2, 0.25) is 5.02 Å². The van der Waals surface area contributed by atoms with Crippen LogP contribution in [0.3, 0.4) is 0 Å². The topological polar surface area (TPSA) is 40.5 Å². The molecule has 0 amide bonds. The molecule has 0 saturated carbocycles. The number of rotatable bonds is 3. The van der Waals surface area contributed by atoms with Crippen LogP contribution < -0.4 is 0 Å². The Labute approximate surface area is 119 Å². The van der Waals surface area contributed by atoms with Gasteiger partial charge in [0, 0.05) is 5.02 Å². The Morgan fingerprint density at radius 2 is 1.84 bits per heavy atom. The van der Waals surface area contributed by atoms with Crippen LogP contribution in [-0.2, 0) is 0 Å². The van der Waals surface area contributed by atoms with Gasteiger partial charge in [-0.15, -0.1) is 0 Å². The van der Waals surface area contributed by atoms with Crippen molar-refractivity contribution in [3.05, 3.63) is 34.9 Å². The summed E-state index contributed by atoms with van der Waals surface area (Å²) in [6, 6.07) is 6.88. The minimum atomic E-state index is -0.921. The smallest absolute Gasteiger partial charge is 0.141 e. The third kappa shape index (κ3) is 6.32. The van der Waals surface area contributed by atoms with E-state index in [2.05, 4.69) is 23.7 Å². The molecule has 0 aliphatic rings. The maximum atomic E-state index is 9.79. The summed E-state index contributed by atoms with van der Waals surface area (Å²) in [4.78, 5) is 0. The van der Waals surface area contributed by atoms with Gasteiger partial charge < -0.3 is 10.2 Å². The zero-order valence-electron chi connectivity index (χ0n) is 11.0. The van der Waals surface area contributed by atoms with Gasteiger partial charge in [-0.1, -0.05) is 49.4 Å². The molecule has 2 nitrogen and oxygen atoms in total. The summed E-state index contributed by atoms with van der Waals surface area (Å²) in [6.07, 6.45) is -0.973. The maximum Gasteiger partial charge on any atom is 0.141 e. The summed E-state index contributed by atoms with van der Waals surface area (Å²) in [5.41, 5.74) is 0.629. The van der Waals surface area contributed by atoms with Gasteiger partial charge in [0.25, 0.3) is 0 Å². The molecular formula is C16H17ClO2. The normalized spacial score (nSPS) is 12.9. The third-order valence-corrected chi connectivity index (χ3v) is 2.60. The zero-order valence-corrected chi connectivity index (χ0v) is 11.8. The van der Waals surface area contributed by atoms with Crippen LogP contribution in [0.25, 0.3) is 0 Å². The molecule has 0 bridgehead atoms. The van der Waals surface area contributed by atoms with E-state index in [9.17, 15) is 10.2 Å². The van der Waals surface area contributed by atoms with E-state index < -0.39 is 12.2 Å². The van der Waals surface area contributed by atoms with Gasteiger partial charge in [0.1, 0.15) is 12.2 Å². The van der Waals surface area contributed by atoms with E-state index in [-0.39, 0.29) is 0 Å². The summed E-state index contributed by atoms with van der Waals surface area (Å²) in [6.45, 7) is 4.03. The largest absolute Gasteiger partial charge is 0.380 e. The first-order valence-electron chi connectivity index (χ1n) is 6.11.